The predicted molar refractivity (Wildman–Crippen MR) is 44.1 cm³/mol. The molecule has 1 amide bonds. The molecule has 0 saturated carbocycles. The van der Waals surface area contributed by atoms with Gasteiger partial charge in [-0.2, -0.15) is 0 Å². The van der Waals surface area contributed by atoms with Crippen molar-refractivity contribution in [2.45, 2.75) is 25.3 Å². The highest BCUT2D eigenvalue weighted by Crippen LogP contribution is 2.29. The van der Waals surface area contributed by atoms with Gasteiger partial charge in [-0.3, -0.25) is 4.79 Å². The maximum absolute atomic E-state index is 11.1. The topological polar surface area (TPSA) is 77.8 Å². The van der Waals surface area contributed by atoms with Crippen molar-refractivity contribution in [3.63, 3.8) is 0 Å². The first kappa shape index (κ1) is 9.98. The Labute approximate surface area is 76.0 Å². The first-order chi connectivity index (χ1) is 6.04. The van der Waals surface area contributed by atoms with Crippen molar-refractivity contribution in [3.8, 4) is 0 Å². The van der Waals surface area contributed by atoms with Crippen LogP contribution in [0.1, 0.15) is 19.8 Å². The second-order valence-corrected chi connectivity index (χ2v) is 3.27. The van der Waals surface area contributed by atoms with Gasteiger partial charge in [0, 0.05) is 13.5 Å². The molecule has 0 aliphatic carbocycles. The van der Waals surface area contributed by atoms with Crippen LogP contribution < -0.4 is 0 Å². The third-order valence-electron chi connectivity index (χ3n) is 2.53. The van der Waals surface area contributed by atoms with Crippen molar-refractivity contribution in [1.82, 2.24) is 4.90 Å². The molecule has 1 atom stereocenters. The fraction of sp³-hybridized carbons (Fsp3) is 0.750. The van der Waals surface area contributed by atoms with Crippen LogP contribution in [0.3, 0.4) is 0 Å². The minimum absolute atomic E-state index is 0.297. The SMILES string of the molecule is CC(=O)N1CCCC1(CO)C(=O)O. The lowest BCUT2D eigenvalue weighted by atomic mass is 9.97. The van der Waals surface area contributed by atoms with Crippen molar-refractivity contribution in [3.05, 3.63) is 0 Å². The Kier molecular flexibility index (Phi) is 2.56. The van der Waals surface area contributed by atoms with Gasteiger partial charge in [-0.25, -0.2) is 4.79 Å². The van der Waals surface area contributed by atoms with E-state index in [1.165, 1.54) is 11.8 Å². The number of aliphatic carboxylic acids is 1. The summed E-state index contributed by atoms with van der Waals surface area (Å²) >= 11 is 0. The zero-order valence-corrected chi connectivity index (χ0v) is 7.49. The molecular formula is C8H13NO4. The number of rotatable bonds is 2. The molecule has 1 fully saturated rings. The molecule has 0 bridgehead atoms. The minimum Gasteiger partial charge on any atom is -0.479 e. The zero-order valence-electron chi connectivity index (χ0n) is 7.49. The van der Waals surface area contributed by atoms with Crippen molar-refractivity contribution in [2.75, 3.05) is 13.2 Å². The second kappa shape index (κ2) is 3.33. The number of aliphatic hydroxyl groups excluding tert-OH is 1. The molecule has 1 rings (SSSR count). The molecule has 5 nitrogen and oxygen atoms in total. The van der Waals surface area contributed by atoms with Crippen LogP contribution in [0.4, 0.5) is 0 Å². The number of carboxylic acids is 1. The van der Waals surface area contributed by atoms with Gasteiger partial charge in [-0.1, -0.05) is 0 Å². The summed E-state index contributed by atoms with van der Waals surface area (Å²) in [4.78, 5) is 23.2. The van der Waals surface area contributed by atoms with Crippen LogP contribution >= 0.6 is 0 Å². The molecule has 1 unspecified atom stereocenters. The lowest BCUT2D eigenvalue weighted by Crippen LogP contribution is -2.55. The highest BCUT2D eigenvalue weighted by molar-refractivity contribution is 5.86. The van der Waals surface area contributed by atoms with Crippen molar-refractivity contribution in [1.29, 1.82) is 0 Å². The van der Waals surface area contributed by atoms with E-state index < -0.39 is 18.1 Å². The average molecular weight is 187 g/mol. The largest absolute Gasteiger partial charge is 0.479 e. The van der Waals surface area contributed by atoms with Crippen molar-refractivity contribution in [2.24, 2.45) is 0 Å². The van der Waals surface area contributed by atoms with Gasteiger partial charge < -0.3 is 15.1 Å². The van der Waals surface area contributed by atoms with E-state index in [2.05, 4.69) is 0 Å². The van der Waals surface area contributed by atoms with Gasteiger partial charge in [-0.05, 0) is 12.8 Å². The molecule has 0 radical (unpaired) electrons. The Morgan fingerprint density at radius 2 is 2.15 bits per heavy atom. The smallest absolute Gasteiger partial charge is 0.332 e. The van der Waals surface area contributed by atoms with Gasteiger partial charge in [-0.15, -0.1) is 0 Å². The van der Waals surface area contributed by atoms with Crippen molar-refractivity contribution >= 4 is 11.9 Å². The average Bonchev–Trinajstić information content (AvgIpc) is 2.48. The van der Waals surface area contributed by atoms with E-state index in [0.717, 1.165) is 0 Å². The summed E-state index contributed by atoms with van der Waals surface area (Å²) in [5, 5.41) is 18.0. The number of carbonyl (C=O) groups is 2. The molecule has 5 heteroatoms. The predicted octanol–water partition coefficient (Wildman–Crippen LogP) is -0.556. The van der Waals surface area contributed by atoms with Gasteiger partial charge in [0.25, 0.3) is 0 Å². The number of amides is 1. The minimum atomic E-state index is -1.37. The van der Waals surface area contributed by atoms with Gasteiger partial charge >= 0.3 is 5.97 Å². The molecule has 1 aliphatic rings. The Morgan fingerprint density at radius 3 is 2.46 bits per heavy atom. The second-order valence-electron chi connectivity index (χ2n) is 3.27. The summed E-state index contributed by atoms with van der Waals surface area (Å²) in [5.41, 5.74) is -1.37. The number of hydrogen-bond acceptors (Lipinski definition) is 3. The lowest BCUT2D eigenvalue weighted by molar-refractivity contribution is -0.158. The first-order valence-corrected chi connectivity index (χ1v) is 4.17. The first-order valence-electron chi connectivity index (χ1n) is 4.17. The number of carboxylic acid groups (broad SMARTS) is 1. The van der Waals surface area contributed by atoms with Gasteiger partial charge in [0.2, 0.25) is 5.91 Å². The van der Waals surface area contributed by atoms with Crippen molar-refractivity contribution < 1.29 is 19.8 Å². The summed E-state index contributed by atoms with van der Waals surface area (Å²) in [7, 11) is 0. The van der Waals surface area contributed by atoms with Crippen LogP contribution in [0.5, 0.6) is 0 Å². The van der Waals surface area contributed by atoms with E-state index in [4.69, 9.17) is 10.2 Å². The van der Waals surface area contributed by atoms with Crippen LogP contribution in [0, 0.1) is 0 Å². The number of likely N-dealkylation sites (tertiary alicyclic amines) is 1. The van der Waals surface area contributed by atoms with E-state index >= 15 is 0 Å². The summed E-state index contributed by atoms with van der Waals surface area (Å²) in [5.74, 6) is -1.42. The van der Waals surface area contributed by atoms with Gasteiger partial charge in [0.15, 0.2) is 5.54 Å². The van der Waals surface area contributed by atoms with Gasteiger partial charge in [0.1, 0.15) is 0 Å². The molecule has 13 heavy (non-hydrogen) atoms. The molecule has 1 saturated heterocycles. The van der Waals surface area contributed by atoms with Gasteiger partial charge in [0.05, 0.1) is 6.61 Å². The van der Waals surface area contributed by atoms with E-state index in [1.54, 1.807) is 0 Å². The molecule has 1 aliphatic heterocycles. The monoisotopic (exact) mass is 187 g/mol. The fourth-order valence-corrected chi connectivity index (χ4v) is 1.79. The number of carbonyl (C=O) groups excluding carboxylic acids is 1. The molecule has 0 aromatic rings. The maximum Gasteiger partial charge on any atom is 0.332 e. The third kappa shape index (κ3) is 1.39. The molecular weight excluding hydrogens is 174 g/mol. The number of aliphatic hydroxyl groups is 1. The maximum atomic E-state index is 11.1. The summed E-state index contributed by atoms with van der Waals surface area (Å²) in [6.07, 6.45) is 0.963. The summed E-state index contributed by atoms with van der Waals surface area (Å²) < 4.78 is 0. The Balaban J connectivity index is 2.96. The fourth-order valence-electron chi connectivity index (χ4n) is 1.79. The van der Waals surface area contributed by atoms with Crippen LogP contribution in [0.25, 0.3) is 0 Å². The van der Waals surface area contributed by atoms with E-state index in [0.29, 0.717) is 19.4 Å². The molecule has 0 spiro atoms. The lowest BCUT2D eigenvalue weighted by Gasteiger charge is -2.31. The molecule has 0 aromatic heterocycles. The van der Waals surface area contributed by atoms with Crippen LogP contribution in [-0.4, -0.2) is 45.7 Å². The Hall–Kier alpha value is -1.10. The Bertz CT molecular complexity index is 240. The standard InChI is InChI=1S/C8H13NO4/c1-6(11)9-4-2-3-8(9,5-10)7(12)13/h10H,2-5H2,1H3,(H,12,13). The van der Waals surface area contributed by atoms with Crippen LogP contribution in [0.2, 0.25) is 0 Å². The van der Waals surface area contributed by atoms with Crippen LogP contribution in [-0.2, 0) is 9.59 Å². The quantitative estimate of drug-likeness (QED) is 0.607. The molecule has 2 N–H and O–H groups in total. The highest BCUT2D eigenvalue weighted by Gasteiger charge is 2.48. The summed E-state index contributed by atoms with van der Waals surface area (Å²) in [6.45, 7) is 1.22. The summed E-state index contributed by atoms with van der Waals surface area (Å²) in [6, 6.07) is 0. The zero-order chi connectivity index (χ0) is 10.1. The van der Waals surface area contributed by atoms with E-state index in [-0.39, 0.29) is 5.91 Å². The molecule has 74 valence electrons. The van der Waals surface area contributed by atoms with E-state index in [9.17, 15) is 9.59 Å². The van der Waals surface area contributed by atoms with Crippen LogP contribution in [0.15, 0.2) is 0 Å². The highest BCUT2D eigenvalue weighted by atomic mass is 16.4. The molecule has 0 aromatic carbocycles. The number of hydrogen-bond donors (Lipinski definition) is 2. The number of nitrogens with zero attached hydrogens (tertiary/aromatic N) is 1. The van der Waals surface area contributed by atoms with E-state index in [1.807, 2.05) is 0 Å². The Morgan fingerprint density at radius 1 is 1.54 bits per heavy atom. The normalized spacial score (nSPS) is 27.7. The molecule has 1 heterocycles. The third-order valence-corrected chi connectivity index (χ3v) is 2.53.